The molecular weight excluding hydrogens is 703 g/mol. The smallest absolute Gasteiger partial charge is 0.0775 e. The Kier molecular flexibility index (Phi) is 6.05. The summed E-state index contributed by atoms with van der Waals surface area (Å²) in [6.45, 7) is 7.29. The summed E-state index contributed by atoms with van der Waals surface area (Å²) in [6.07, 6.45) is 0. The lowest BCUT2D eigenvalue weighted by atomic mass is 9.90. The van der Waals surface area contributed by atoms with Gasteiger partial charge in [0.2, 0.25) is 0 Å². The summed E-state index contributed by atoms with van der Waals surface area (Å²) in [5.74, 6) is 0. The maximum Gasteiger partial charge on any atom is 0.0775 e. The maximum absolute atomic E-state index is 2.54. The molecule has 0 radical (unpaired) electrons. The van der Waals surface area contributed by atoms with Crippen molar-refractivity contribution in [2.45, 2.75) is 19.6 Å². The van der Waals surface area contributed by atoms with E-state index in [9.17, 15) is 0 Å². The molecule has 0 fully saturated rings. The van der Waals surface area contributed by atoms with Gasteiger partial charge in [-0.05, 0) is 158 Å². The van der Waals surface area contributed by atoms with E-state index in [-0.39, 0.29) is 0 Å². The lowest BCUT2D eigenvalue weighted by Crippen LogP contribution is -2.37. The van der Waals surface area contributed by atoms with E-state index in [1.165, 1.54) is 130 Å². The van der Waals surface area contributed by atoms with Crippen molar-refractivity contribution in [1.82, 2.24) is 4.57 Å². The molecule has 0 aliphatic heterocycles. The molecule has 0 bridgehead atoms. The van der Waals surface area contributed by atoms with Crippen molar-refractivity contribution in [2.24, 2.45) is 0 Å². The molecule has 266 valence electrons. The Morgan fingerprint density at radius 2 is 0.596 bits per heavy atom. The third-order valence-corrected chi connectivity index (χ3v) is 15.1. The van der Waals surface area contributed by atoms with Crippen LogP contribution in [0.3, 0.4) is 0 Å². The highest BCUT2D eigenvalue weighted by Gasteiger charge is 2.22. The molecule has 0 unspecified atom stereocenters. The lowest BCUT2D eigenvalue weighted by molar-refractivity contribution is 1.18. The van der Waals surface area contributed by atoms with Crippen LogP contribution in [0.15, 0.2) is 170 Å². The van der Waals surface area contributed by atoms with Gasteiger partial charge in [-0.2, -0.15) is 0 Å². The summed E-state index contributed by atoms with van der Waals surface area (Å²) < 4.78 is 2.54. The zero-order valence-corrected chi connectivity index (χ0v) is 33.1. The molecule has 0 N–H and O–H groups in total. The third-order valence-electron chi connectivity index (χ3n) is 13.1. The number of nitrogens with zero attached hydrogens (tertiary/aromatic N) is 1. The van der Waals surface area contributed by atoms with Crippen LogP contribution in [0.1, 0.15) is 0 Å². The summed E-state index contributed by atoms with van der Waals surface area (Å²) in [6, 6.07) is 65.1. The molecular formula is C55H37NSi. The second kappa shape index (κ2) is 11.0. The summed E-state index contributed by atoms with van der Waals surface area (Å²) in [5, 5.41) is 22.5. The monoisotopic (exact) mass is 739 g/mol. The van der Waals surface area contributed by atoms with Crippen LogP contribution in [0.5, 0.6) is 0 Å². The van der Waals surface area contributed by atoms with Gasteiger partial charge in [0, 0.05) is 16.5 Å². The first-order chi connectivity index (χ1) is 27.8. The molecule has 13 rings (SSSR count). The summed E-state index contributed by atoms with van der Waals surface area (Å²) in [7, 11) is -1.48. The van der Waals surface area contributed by atoms with Crippen LogP contribution in [-0.2, 0) is 0 Å². The van der Waals surface area contributed by atoms with Crippen molar-refractivity contribution < 1.29 is 0 Å². The van der Waals surface area contributed by atoms with Gasteiger partial charge in [0.1, 0.15) is 0 Å². The van der Waals surface area contributed by atoms with Crippen molar-refractivity contribution >= 4 is 110 Å². The fraction of sp³-hybridized carbons (Fsp3) is 0.0545. The zero-order chi connectivity index (χ0) is 37.7. The Morgan fingerprint density at radius 3 is 0.947 bits per heavy atom. The van der Waals surface area contributed by atoms with Crippen LogP contribution in [0.2, 0.25) is 19.6 Å². The number of benzene rings is 12. The van der Waals surface area contributed by atoms with Crippen molar-refractivity contribution in [3.63, 3.8) is 0 Å². The number of hydrogen-bond donors (Lipinski definition) is 0. The molecule has 1 aromatic heterocycles. The molecule has 12 aromatic carbocycles. The number of aromatic nitrogens is 1. The van der Waals surface area contributed by atoms with Crippen LogP contribution < -0.4 is 5.19 Å². The molecule has 1 nitrogen and oxygen atoms in total. The molecule has 0 saturated heterocycles. The molecule has 0 saturated carbocycles. The number of rotatable bonds is 4. The third kappa shape index (κ3) is 4.39. The van der Waals surface area contributed by atoms with Gasteiger partial charge in [0.25, 0.3) is 0 Å². The minimum Gasteiger partial charge on any atom is -0.309 e. The van der Waals surface area contributed by atoms with E-state index in [1.54, 1.807) is 0 Å². The van der Waals surface area contributed by atoms with Gasteiger partial charge in [-0.15, -0.1) is 0 Å². The van der Waals surface area contributed by atoms with Crippen molar-refractivity contribution in [2.75, 3.05) is 0 Å². The van der Waals surface area contributed by atoms with E-state index in [1.807, 2.05) is 0 Å². The normalized spacial score (nSPS) is 12.8. The Hall–Kier alpha value is -6.74. The average Bonchev–Trinajstić information content (AvgIpc) is 3.58. The standard InChI is InChI=1S/C55H37NSi/c1-57(2,3)47-22-20-46(21-23-47)56-48-30-44(42-24-36-14-10-32-6-4-7-33-11-15-37(25-42)52(36)50(32)33)28-40-18-19-41-29-45(31-49(56)55(41)54(40)48)43-26-38-16-12-34-8-5-9-35-13-17-39(27-43)53(38)51(34)35/h4-31H,1-3H3. The highest BCUT2D eigenvalue weighted by molar-refractivity contribution is 6.88. The molecule has 13 aromatic rings. The first-order valence-corrected chi connectivity index (χ1v) is 23.7. The van der Waals surface area contributed by atoms with E-state index >= 15 is 0 Å². The highest BCUT2D eigenvalue weighted by Crippen LogP contribution is 2.45. The van der Waals surface area contributed by atoms with Gasteiger partial charge >= 0.3 is 0 Å². The van der Waals surface area contributed by atoms with Crippen molar-refractivity contribution in [3.8, 4) is 27.9 Å². The summed E-state index contributed by atoms with van der Waals surface area (Å²) in [4.78, 5) is 0. The lowest BCUT2D eigenvalue weighted by Gasteiger charge is -2.18. The predicted octanol–water partition coefficient (Wildman–Crippen LogP) is 15.0. The van der Waals surface area contributed by atoms with E-state index in [2.05, 4.69) is 194 Å². The summed E-state index contributed by atoms with van der Waals surface area (Å²) in [5.41, 5.74) is 8.69. The number of hydrogen-bond acceptors (Lipinski definition) is 0. The Labute approximate surface area is 331 Å². The largest absolute Gasteiger partial charge is 0.309 e. The molecule has 1 heterocycles. The van der Waals surface area contributed by atoms with Crippen molar-refractivity contribution in [3.05, 3.63) is 170 Å². The Bertz CT molecular complexity index is 3420. The molecule has 2 heteroatoms. The minimum atomic E-state index is -1.48. The highest BCUT2D eigenvalue weighted by atomic mass is 28.3. The molecule has 57 heavy (non-hydrogen) atoms. The average molecular weight is 740 g/mol. The van der Waals surface area contributed by atoms with Crippen LogP contribution in [0.4, 0.5) is 0 Å². The van der Waals surface area contributed by atoms with Gasteiger partial charge in [-0.25, -0.2) is 0 Å². The molecule has 0 spiro atoms. The van der Waals surface area contributed by atoms with Crippen LogP contribution in [-0.4, -0.2) is 12.6 Å². The fourth-order valence-electron chi connectivity index (χ4n) is 10.3. The van der Waals surface area contributed by atoms with Gasteiger partial charge in [-0.3, -0.25) is 0 Å². The minimum absolute atomic E-state index is 1.20. The van der Waals surface area contributed by atoms with E-state index in [0.29, 0.717) is 0 Å². The summed E-state index contributed by atoms with van der Waals surface area (Å²) >= 11 is 0. The van der Waals surface area contributed by atoms with Gasteiger partial charge in [0.15, 0.2) is 0 Å². The predicted molar refractivity (Wildman–Crippen MR) is 251 cm³/mol. The first-order valence-electron chi connectivity index (χ1n) is 20.2. The second-order valence-corrected chi connectivity index (χ2v) is 22.5. The van der Waals surface area contributed by atoms with Crippen LogP contribution in [0, 0.1) is 0 Å². The SMILES string of the molecule is C[Si](C)(C)c1ccc(-n2c3cc(-c4cc5ccc6cccc7ccc(c4)c5c67)cc4ccc5cc(-c6cc7ccc8cccc9ccc(c6)c7c89)cc2c5c43)cc1. The van der Waals surface area contributed by atoms with Gasteiger partial charge < -0.3 is 4.57 Å². The zero-order valence-electron chi connectivity index (χ0n) is 32.1. The molecule has 0 atom stereocenters. The van der Waals surface area contributed by atoms with Crippen molar-refractivity contribution in [1.29, 1.82) is 0 Å². The topological polar surface area (TPSA) is 4.93 Å². The Balaban J connectivity index is 1.08. The van der Waals surface area contributed by atoms with E-state index in [0.717, 1.165) is 0 Å². The fourth-order valence-corrected chi connectivity index (χ4v) is 11.5. The molecule has 0 aliphatic rings. The van der Waals surface area contributed by atoms with Gasteiger partial charge in [0.05, 0.1) is 19.1 Å². The van der Waals surface area contributed by atoms with Gasteiger partial charge in [-0.1, -0.05) is 134 Å². The molecule has 0 aliphatic carbocycles. The molecule has 0 amide bonds. The second-order valence-electron chi connectivity index (χ2n) is 17.4. The first kappa shape index (κ1) is 31.5. The van der Waals surface area contributed by atoms with Crippen LogP contribution >= 0.6 is 0 Å². The van der Waals surface area contributed by atoms with E-state index < -0.39 is 8.07 Å². The maximum atomic E-state index is 2.54. The quantitative estimate of drug-likeness (QED) is 0.125. The van der Waals surface area contributed by atoms with Crippen LogP contribution in [0.25, 0.3) is 125 Å². The van der Waals surface area contributed by atoms with E-state index in [4.69, 9.17) is 0 Å². The Morgan fingerprint density at radius 1 is 0.298 bits per heavy atom.